The molecule has 64 heavy (non-hydrogen) atoms. The van der Waals surface area contributed by atoms with E-state index in [1.54, 1.807) is 22.3 Å². The average Bonchev–Trinajstić information content (AvgIpc) is 4.11. The average molecular weight is 1190 g/mol. The summed E-state index contributed by atoms with van der Waals surface area (Å²) in [6.07, 6.45) is 17.0. The molecule has 0 saturated heterocycles. The van der Waals surface area contributed by atoms with Crippen molar-refractivity contribution in [3.05, 3.63) is 119 Å². The summed E-state index contributed by atoms with van der Waals surface area (Å²) >= 11 is -0.583. The van der Waals surface area contributed by atoms with Crippen molar-refractivity contribution in [1.29, 1.82) is 0 Å². The predicted octanol–water partition coefficient (Wildman–Crippen LogP) is 17.8. The predicted molar refractivity (Wildman–Crippen MR) is 267 cm³/mol. The van der Waals surface area contributed by atoms with E-state index in [0.717, 1.165) is 94.7 Å². The van der Waals surface area contributed by atoms with Crippen molar-refractivity contribution < 1.29 is 85.3 Å². The van der Waals surface area contributed by atoms with Crippen molar-refractivity contribution in [2.24, 2.45) is 71.0 Å². The van der Waals surface area contributed by atoms with Gasteiger partial charge in [-0.3, -0.25) is 0 Å². The summed E-state index contributed by atoms with van der Waals surface area (Å²) in [5, 5.41) is 0. The Morgan fingerprint density at radius 3 is 0.859 bits per heavy atom. The van der Waals surface area contributed by atoms with E-state index in [2.05, 4.69) is 192 Å². The summed E-state index contributed by atoms with van der Waals surface area (Å²) in [7, 11) is 0. The minimum Gasteiger partial charge on any atom is 0 e. The summed E-state index contributed by atoms with van der Waals surface area (Å²) in [6, 6.07) is 36.0. The molecule has 12 atom stereocenters. The first-order valence-electron chi connectivity index (χ1n) is 25.9. The third-order valence-electron chi connectivity index (χ3n) is 16.6. The second-order valence-electron chi connectivity index (χ2n) is 22.7. The van der Waals surface area contributed by atoms with Crippen molar-refractivity contribution in [3.63, 3.8) is 0 Å². The molecule has 4 aliphatic rings. The van der Waals surface area contributed by atoms with Crippen molar-refractivity contribution in [2.45, 2.75) is 184 Å². The van der Waals surface area contributed by atoms with Gasteiger partial charge in [-0.25, -0.2) is 42.3 Å². The summed E-state index contributed by atoms with van der Waals surface area (Å²) in [5.41, 5.74) is 6.33. The molecule has 4 fully saturated rings. The Kier molecular flexibility index (Phi) is 28.6. The fraction of sp³-hybridized carbons (Fsp3) is 0.667. The first-order chi connectivity index (χ1) is 30.1. The molecular formula is C60H94Cl2Sm2-6. The molecule has 0 spiro atoms. The van der Waals surface area contributed by atoms with Gasteiger partial charge >= 0.3 is 44.9 Å². The van der Waals surface area contributed by atoms with Gasteiger partial charge in [-0.1, -0.05) is 184 Å². The zero-order valence-corrected chi connectivity index (χ0v) is 49.5. The van der Waals surface area contributed by atoms with Crippen molar-refractivity contribution in [1.82, 2.24) is 0 Å². The van der Waals surface area contributed by atoms with Gasteiger partial charge in [0.1, 0.15) is 0 Å². The van der Waals surface area contributed by atoms with Crippen molar-refractivity contribution >= 4 is 0 Å². The molecule has 4 heteroatoms. The van der Waals surface area contributed by atoms with Gasteiger partial charge in [-0.2, -0.15) is 53.1 Å². The van der Waals surface area contributed by atoms with Crippen LogP contribution < -0.4 is 0 Å². The summed E-state index contributed by atoms with van der Waals surface area (Å²) in [4.78, 5) is 0. The molecule has 8 rings (SSSR count). The Bertz CT molecular complexity index is 1420. The van der Waals surface area contributed by atoms with E-state index in [1.807, 2.05) is 0 Å². The molecule has 4 aromatic carbocycles. The molecule has 12 unspecified atom stereocenters. The fourth-order valence-electron chi connectivity index (χ4n) is 12.9. The molecule has 0 heterocycles. The van der Waals surface area contributed by atoms with Gasteiger partial charge in [0, 0.05) is 40.4 Å². The van der Waals surface area contributed by atoms with Crippen LogP contribution in [0.4, 0.5) is 0 Å². The van der Waals surface area contributed by atoms with Crippen molar-refractivity contribution in [3.8, 4) is 0 Å². The number of hydrogen-bond acceptors (Lipinski definition) is 0. The first kappa shape index (κ1) is 59.0. The molecule has 366 valence electrons. The smallest absolute Gasteiger partial charge is 0 e. The molecular weight excluding hydrogens is 1090 g/mol. The summed E-state index contributed by atoms with van der Waals surface area (Å²) < 4.78 is 0. The van der Waals surface area contributed by atoms with Gasteiger partial charge < -0.3 is 29.8 Å². The van der Waals surface area contributed by atoms with Crippen LogP contribution in [0.5, 0.6) is 0 Å². The monoisotopic (exact) mass is 1190 g/mol. The van der Waals surface area contributed by atoms with E-state index >= 15 is 0 Å². The number of hydrogen-bond donors (Lipinski definition) is 0. The van der Waals surface area contributed by atoms with Crippen LogP contribution in [0.25, 0.3) is 0 Å². The van der Waals surface area contributed by atoms with Crippen LogP contribution in [0.15, 0.2) is 97.1 Å². The second kappa shape index (κ2) is 31.1. The minimum atomic E-state index is -0.583. The number of rotatable bonds is 8. The maximum Gasteiger partial charge on any atom is 0 e. The van der Waals surface area contributed by atoms with Crippen LogP contribution >= 0.6 is 0 Å². The van der Waals surface area contributed by atoms with E-state index in [1.165, 1.54) is 77.0 Å². The van der Waals surface area contributed by atoms with Crippen molar-refractivity contribution in [2.75, 3.05) is 0 Å². The standard InChI is InChI=1S/4C15H23.2ClH.2Sm/c4*1-11(2)14-9-8-12(3)10-15(14)13-6-4-5-7-13;;;;/h4*4-7,11-12,14-15H,8-10H2,1-3H3;2*1H;;/q-5;3*-1;;;;+2. The molecule has 4 saturated carbocycles. The molecule has 4 aromatic rings. The van der Waals surface area contributed by atoms with E-state index in [9.17, 15) is 0 Å². The third kappa shape index (κ3) is 18.8. The van der Waals surface area contributed by atoms with Gasteiger partial charge in [0.25, 0.3) is 0 Å². The van der Waals surface area contributed by atoms with Crippen LogP contribution in [0.3, 0.4) is 0 Å². The zero-order valence-electron chi connectivity index (χ0n) is 42.6. The Balaban J connectivity index is 0.000000221. The number of halogens is 2. The normalized spacial score (nSPS) is 30.4. The Labute approximate surface area is 453 Å². The second-order valence-corrected chi connectivity index (χ2v) is 27.1. The Morgan fingerprint density at radius 2 is 0.625 bits per heavy atom. The third-order valence-corrected chi connectivity index (χ3v) is 16.6. The van der Waals surface area contributed by atoms with Crippen LogP contribution in [0.1, 0.15) is 206 Å². The molecule has 4 aliphatic carbocycles. The minimum absolute atomic E-state index is 0. The van der Waals surface area contributed by atoms with Crippen LogP contribution in [0, 0.1) is 156 Å². The molecule has 0 nitrogen and oxygen atoms in total. The molecule has 0 bridgehead atoms. The van der Waals surface area contributed by atoms with Gasteiger partial charge in [0.05, 0.1) is 0 Å². The summed E-state index contributed by atoms with van der Waals surface area (Å²) in [5.74, 6) is 22.7. The largest absolute Gasteiger partial charge is 0 e. The molecule has 0 aromatic heterocycles. The zero-order chi connectivity index (χ0) is 46.1. The van der Waals surface area contributed by atoms with Gasteiger partial charge in [-0.15, -0.1) is 0 Å². The van der Waals surface area contributed by atoms with Gasteiger partial charge in [0.2, 0.25) is 0 Å². The Hall–Kier alpha value is 0.655. The van der Waals surface area contributed by atoms with Gasteiger partial charge in [0.15, 0.2) is 0 Å². The van der Waals surface area contributed by atoms with Crippen LogP contribution in [-0.4, -0.2) is 0 Å². The summed E-state index contributed by atoms with van der Waals surface area (Å²) in [6.45, 7) is 28.7. The van der Waals surface area contributed by atoms with Gasteiger partial charge in [-0.05, 0) is 65.1 Å². The maximum atomic E-state index is 4.38. The maximum absolute atomic E-state index is 4.38. The molecule has 0 amide bonds. The van der Waals surface area contributed by atoms with E-state index in [0.29, 0.717) is 0 Å². The van der Waals surface area contributed by atoms with Crippen LogP contribution in [0.2, 0.25) is 0 Å². The molecule has 0 aliphatic heterocycles. The van der Waals surface area contributed by atoms with E-state index < -0.39 is 33.2 Å². The topological polar surface area (TPSA) is 0 Å². The fourth-order valence-corrected chi connectivity index (χ4v) is 12.9. The van der Waals surface area contributed by atoms with E-state index in [-0.39, 0.29) is 40.4 Å². The quantitative estimate of drug-likeness (QED) is 0.154. The van der Waals surface area contributed by atoms with Crippen LogP contribution in [-0.2, 0) is 0 Å². The van der Waals surface area contributed by atoms with E-state index in [4.69, 9.17) is 0 Å². The first-order valence-corrected chi connectivity index (χ1v) is 33.0. The Morgan fingerprint density at radius 1 is 0.406 bits per heavy atom. The SMILES string of the molecule is CC1CCC(C(C)C)C([c-]2[cH-][cH-][cH-][cH-]2)C1.CC1CCC(C(C)C)C([c-]2cccc2)C1.CC1CCC(C(C)C)C([c-]2cccc2)C1.CC1CCC(C(C)C)C([c-]2cccc2)C1.[ClH+][Sm][ClH+].[Sm]. The molecule has 0 radical (unpaired) electrons. The molecule has 0 N–H and O–H groups in total.